The van der Waals surface area contributed by atoms with E-state index in [0.717, 1.165) is 33.3 Å². The van der Waals surface area contributed by atoms with E-state index in [1.165, 1.54) is 0 Å². The second kappa shape index (κ2) is 4.55. The molecule has 0 radical (unpaired) electrons. The Morgan fingerprint density at radius 2 is 2.12 bits per heavy atom. The fourth-order valence-corrected chi connectivity index (χ4v) is 2.43. The zero-order chi connectivity index (χ0) is 11.7. The molecular formula is C11H11BrClN3. The number of nitrogens with zero attached hydrogens (tertiary/aromatic N) is 3. The number of halogens is 2. The van der Waals surface area contributed by atoms with Crippen LogP contribution in [0.2, 0.25) is 5.02 Å². The van der Waals surface area contributed by atoms with E-state index < -0.39 is 0 Å². The van der Waals surface area contributed by atoms with Gasteiger partial charge in [0.15, 0.2) is 0 Å². The summed E-state index contributed by atoms with van der Waals surface area (Å²) in [5.41, 5.74) is 2.01. The van der Waals surface area contributed by atoms with E-state index in [9.17, 15) is 0 Å². The van der Waals surface area contributed by atoms with E-state index in [2.05, 4.69) is 26.0 Å². The third-order valence-electron chi connectivity index (χ3n) is 2.30. The summed E-state index contributed by atoms with van der Waals surface area (Å²) in [5, 5.41) is 5.80. The number of benzene rings is 1. The first-order valence-corrected chi connectivity index (χ1v) is 6.37. The lowest BCUT2D eigenvalue weighted by Gasteiger charge is -2.05. The van der Waals surface area contributed by atoms with Gasteiger partial charge in [0, 0.05) is 10.4 Å². The lowest BCUT2D eigenvalue weighted by Crippen LogP contribution is -1.99. The molecular weight excluding hydrogens is 289 g/mol. The molecule has 0 aliphatic heterocycles. The highest BCUT2D eigenvalue weighted by molar-refractivity contribution is 9.08. The van der Waals surface area contributed by atoms with Crippen molar-refractivity contribution < 1.29 is 0 Å². The van der Waals surface area contributed by atoms with Gasteiger partial charge in [-0.3, -0.25) is 0 Å². The summed E-state index contributed by atoms with van der Waals surface area (Å²) in [5.74, 6) is 1.62. The van der Waals surface area contributed by atoms with Crippen molar-refractivity contribution in [2.45, 2.75) is 19.2 Å². The molecule has 0 spiro atoms. The third-order valence-corrected chi connectivity index (χ3v) is 3.26. The number of hydrogen-bond acceptors (Lipinski definition) is 2. The van der Waals surface area contributed by atoms with Crippen LogP contribution in [0.3, 0.4) is 0 Å². The lowest BCUT2D eigenvalue weighted by atomic mass is 10.2. The summed E-state index contributed by atoms with van der Waals surface area (Å²) in [7, 11) is 0. The van der Waals surface area contributed by atoms with Crippen molar-refractivity contribution in [1.29, 1.82) is 0 Å². The fourth-order valence-electron chi connectivity index (χ4n) is 1.54. The quantitative estimate of drug-likeness (QED) is 0.796. The number of aryl methyl sites for hydroxylation is 2. The Kier molecular flexibility index (Phi) is 3.30. The Bertz CT molecular complexity index is 522. The van der Waals surface area contributed by atoms with Gasteiger partial charge < -0.3 is 0 Å². The Hall–Kier alpha value is -0.870. The molecule has 1 heterocycles. The molecule has 0 unspecified atom stereocenters. The van der Waals surface area contributed by atoms with E-state index in [1.807, 2.05) is 32.0 Å². The molecule has 2 aromatic rings. The van der Waals surface area contributed by atoms with Crippen molar-refractivity contribution in [1.82, 2.24) is 14.8 Å². The maximum Gasteiger partial charge on any atom is 0.148 e. The average Bonchev–Trinajstić information content (AvgIpc) is 2.58. The van der Waals surface area contributed by atoms with E-state index in [4.69, 9.17) is 11.6 Å². The van der Waals surface area contributed by atoms with Crippen LogP contribution in [0.25, 0.3) is 5.69 Å². The zero-order valence-electron chi connectivity index (χ0n) is 9.04. The fraction of sp³-hybridized carbons (Fsp3) is 0.273. The molecule has 0 N–H and O–H groups in total. The van der Waals surface area contributed by atoms with Gasteiger partial charge in [0.2, 0.25) is 0 Å². The Balaban J connectivity index is 2.49. The maximum absolute atomic E-state index is 6.15. The molecule has 0 aliphatic carbocycles. The zero-order valence-corrected chi connectivity index (χ0v) is 11.4. The second-order valence-electron chi connectivity index (χ2n) is 3.53. The molecule has 2 rings (SSSR count). The summed E-state index contributed by atoms with van der Waals surface area (Å²) in [4.78, 5) is 4.26. The second-order valence-corrected chi connectivity index (χ2v) is 4.50. The highest BCUT2D eigenvalue weighted by Crippen LogP contribution is 2.22. The topological polar surface area (TPSA) is 30.7 Å². The van der Waals surface area contributed by atoms with Crippen LogP contribution >= 0.6 is 27.5 Å². The summed E-state index contributed by atoms with van der Waals surface area (Å²) in [6.07, 6.45) is 0. The summed E-state index contributed by atoms with van der Waals surface area (Å²) in [6, 6.07) is 5.88. The Morgan fingerprint density at radius 1 is 1.38 bits per heavy atom. The van der Waals surface area contributed by atoms with Gasteiger partial charge in [-0.25, -0.2) is 9.67 Å². The van der Waals surface area contributed by atoms with Gasteiger partial charge in [0.05, 0.1) is 5.69 Å². The lowest BCUT2D eigenvalue weighted by molar-refractivity contribution is 0.831. The third kappa shape index (κ3) is 2.13. The van der Waals surface area contributed by atoms with Crippen molar-refractivity contribution >= 4 is 27.5 Å². The molecule has 0 fully saturated rings. The van der Waals surface area contributed by atoms with Gasteiger partial charge >= 0.3 is 0 Å². The minimum Gasteiger partial charge on any atom is -0.218 e. The molecule has 0 amide bonds. The van der Waals surface area contributed by atoms with Crippen LogP contribution in [0.5, 0.6) is 0 Å². The number of aromatic nitrogens is 3. The molecule has 5 heteroatoms. The SMILES string of the molecule is Cc1nc(C)n(-c2ccc(CBr)c(Cl)c2)n1. The maximum atomic E-state index is 6.15. The van der Waals surface area contributed by atoms with Crippen LogP contribution < -0.4 is 0 Å². The van der Waals surface area contributed by atoms with E-state index in [-0.39, 0.29) is 0 Å². The molecule has 16 heavy (non-hydrogen) atoms. The van der Waals surface area contributed by atoms with Gasteiger partial charge in [0.25, 0.3) is 0 Å². The van der Waals surface area contributed by atoms with Crippen LogP contribution in [0, 0.1) is 13.8 Å². The minimum atomic E-state index is 0.738. The average molecular weight is 301 g/mol. The van der Waals surface area contributed by atoms with Gasteiger partial charge in [-0.2, -0.15) is 5.10 Å². The number of rotatable bonds is 2. The standard InChI is InChI=1S/C11H11BrClN3/c1-7-14-8(2)16(15-7)10-4-3-9(6-12)11(13)5-10/h3-5H,6H2,1-2H3. The molecule has 0 saturated heterocycles. The first-order chi connectivity index (χ1) is 7.61. The smallest absolute Gasteiger partial charge is 0.148 e. The normalized spacial score (nSPS) is 10.8. The first kappa shape index (κ1) is 11.6. The molecule has 84 valence electrons. The van der Waals surface area contributed by atoms with Gasteiger partial charge in [-0.1, -0.05) is 33.6 Å². The number of hydrogen-bond donors (Lipinski definition) is 0. The van der Waals surface area contributed by atoms with Crippen molar-refractivity contribution in [2.75, 3.05) is 0 Å². The van der Waals surface area contributed by atoms with Crippen molar-refractivity contribution in [3.05, 3.63) is 40.4 Å². The van der Waals surface area contributed by atoms with Gasteiger partial charge in [-0.15, -0.1) is 0 Å². The predicted octanol–water partition coefficient (Wildman–Crippen LogP) is 3.43. The molecule has 1 aromatic carbocycles. The van der Waals surface area contributed by atoms with Gasteiger partial charge in [0.1, 0.15) is 11.6 Å². The molecule has 1 aromatic heterocycles. The van der Waals surface area contributed by atoms with E-state index >= 15 is 0 Å². The summed E-state index contributed by atoms with van der Waals surface area (Å²) < 4.78 is 1.79. The van der Waals surface area contributed by atoms with Crippen LogP contribution in [-0.2, 0) is 5.33 Å². The monoisotopic (exact) mass is 299 g/mol. The van der Waals surface area contributed by atoms with Crippen molar-refractivity contribution in [3.63, 3.8) is 0 Å². The van der Waals surface area contributed by atoms with E-state index in [1.54, 1.807) is 4.68 Å². The van der Waals surface area contributed by atoms with Crippen LogP contribution in [0.1, 0.15) is 17.2 Å². The van der Waals surface area contributed by atoms with E-state index in [0.29, 0.717) is 0 Å². The molecule has 0 saturated carbocycles. The van der Waals surface area contributed by atoms with Crippen LogP contribution in [0.15, 0.2) is 18.2 Å². The molecule has 0 atom stereocenters. The molecule has 0 bridgehead atoms. The summed E-state index contributed by atoms with van der Waals surface area (Å²) in [6.45, 7) is 3.80. The Labute approximate surface area is 108 Å². The van der Waals surface area contributed by atoms with Crippen LogP contribution in [0.4, 0.5) is 0 Å². The minimum absolute atomic E-state index is 0.738. The van der Waals surface area contributed by atoms with Crippen LogP contribution in [-0.4, -0.2) is 14.8 Å². The van der Waals surface area contributed by atoms with Gasteiger partial charge in [-0.05, 0) is 31.5 Å². The summed E-state index contributed by atoms with van der Waals surface area (Å²) >= 11 is 9.54. The molecule has 3 nitrogen and oxygen atoms in total. The largest absolute Gasteiger partial charge is 0.218 e. The van der Waals surface area contributed by atoms with Crippen molar-refractivity contribution in [2.24, 2.45) is 0 Å². The highest BCUT2D eigenvalue weighted by atomic mass is 79.9. The Morgan fingerprint density at radius 3 is 2.62 bits per heavy atom. The highest BCUT2D eigenvalue weighted by Gasteiger charge is 2.07. The molecule has 0 aliphatic rings. The predicted molar refractivity (Wildman–Crippen MR) is 68.5 cm³/mol. The number of alkyl halides is 1. The van der Waals surface area contributed by atoms with Crippen molar-refractivity contribution in [3.8, 4) is 5.69 Å². The first-order valence-electron chi connectivity index (χ1n) is 4.87.